The first kappa shape index (κ1) is 102. The van der Waals surface area contributed by atoms with E-state index in [4.69, 9.17) is 189 Å². The number of carbonyl (C=O) groups excluding carboxylic acids is 3. The van der Waals surface area contributed by atoms with Gasteiger partial charge in [-0.15, -0.1) is 0 Å². The molecule has 0 radical (unpaired) electrons. The zero-order valence-electron chi connectivity index (χ0n) is 72.8. The molecular weight excluding hydrogens is 2040 g/mol. The molecule has 3 N–H and O–H groups in total. The van der Waals surface area contributed by atoms with Crippen LogP contribution in [-0.4, -0.2) is 170 Å². The van der Waals surface area contributed by atoms with E-state index in [1.165, 1.54) is 31.9 Å². The Hall–Kier alpha value is -10.6. The lowest BCUT2D eigenvalue weighted by molar-refractivity contribution is -0.127. The fourth-order valence-corrected chi connectivity index (χ4v) is 20.0. The van der Waals surface area contributed by atoms with Gasteiger partial charge in [-0.3, -0.25) is 57.4 Å². The number of hydrogen-bond acceptors (Lipinski definition) is 21. The number of halogens is 15. The number of nitrogens with zero attached hydrogens (tertiary/aromatic N) is 18. The van der Waals surface area contributed by atoms with Crippen LogP contribution in [-0.2, 0) is 14.4 Å². The van der Waals surface area contributed by atoms with Crippen LogP contribution in [0.4, 0.5) is 17.1 Å². The molecule has 696 valence electrons. The average molecular weight is 2120 g/mol. The van der Waals surface area contributed by atoms with Crippen molar-refractivity contribution in [2.24, 2.45) is 0 Å². The number of fused-ring (bicyclic) bond motifs is 3. The molecule has 42 heteroatoms. The fraction of sp³-hybridized carbons (Fsp3) is 0.258. The molecule has 12 heterocycles. The molecule has 3 aromatic carbocycles. The molecule has 0 bridgehead atoms. The SMILES string of the molecule is C=CC(=O)N1CCN(c2c(C#N)c(=O)n(-c3c(C)ccnc3C(C)C)c3nc(-c4c(O)c(Cl)c(Cl)c(Cl)c4Cl)c(Cl)cc23)CC1.C=CC(=O)N1CCN(c2c(C#N)c(=O)n(-c3c(C)ccnc3C(C)C)c3nc(-c4c(O)c(Cl)c(Cl)c(Cl)c4Cl)c(Cl)cc23)CC1.C=CC(=O)N1CCN(c2c(C#N)c(=O)n(-c3c(C)ccnc3C(C)C)c3nc(-c4c(O)c(Cl)c(Cl)c(Cl)c4Cl)c(Cl)cc23)CC1. The van der Waals surface area contributed by atoms with Gasteiger partial charge in [0.15, 0.2) is 0 Å². The normalized spacial score (nSPS) is 13.4. The van der Waals surface area contributed by atoms with Crippen LogP contribution in [0.1, 0.15) is 110 Å². The lowest BCUT2D eigenvalue weighted by atomic mass is 10.0. The number of piperazine rings is 3. The second-order valence-corrected chi connectivity index (χ2v) is 37.8. The molecule has 9 aromatic heterocycles. The first-order valence-electron chi connectivity index (χ1n) is 41.1. The Labute approximate surface area is 847 Å². The lowest BCUT2D eigenvalue weighted by Crippen LogP contribution is -2.49. The second kappa shape index (κ2) is 41.4. The summed E-state index contributed by atoms with van der Waals surface area (Å²) in [6.07, 6.45) is 8.69. The summed E-state index contributed by atoms with van der Waals surface area (Å²) in [5, 5.41) is 63.5. The summed E-state index contributed by atoms with van der Waals surface area (Å²) in [6, 6.07) is 16.3. The van der Waals surface area contributed by atoms with Crippen molar-refractivity contribution in [2.45, 2.75) is 80.1 Å². The zero-order valence-corrected chi connectivity index (χ0v) is 84.1. The lowest BCUT2D eigenvalue weighted by Gasteiger charge is -2.36. The molecule has 15 rings (SSSR count). The maximum Gasteiger partial charge on any atom is 0.276 e. The van der Waals surface area contributed by atoms with E-state index < -0.39 is 33.9 Å². The number of pyridine rings is 9. The highest BCUT2D eigenvalue weighted by atomic mass is 35.5. The maximum absolute atomic E-state index is 14.4. The molecule has 0 aliphatic carbocycles. The standard InChI is InChI=1S/3C31H25Cl5N6O3/c3*1-5-19(43)40-8-10-41(11-9-40)28-16-12-18(32)26(20-21(33)22(34)23(35)24(36)29(20)44)39-30(16)42(31(45)17(28)13-37)27-15(4)6-7-38-25(27)14(2)3/h3*5-7,12,14,44H,1,8-11H2,2-4H3. The number of rotatable bonds is 15. The monoisotopic (exact) mass is 2110 g/mol. The summed E-state index contributed by atoms with van der Waals surface area (Å²) in [7, 11) is 0. The molecule has 12 aromatic rings. The topological polar surface area (TPSA) is 346 Å². The molecule has 0 unspecified atom stereocenters. The molecule has 3 fully saturated rings. The number of benzene rings is 3. The van der Waals surface area contributed by atoms with E-state index in [-0.39, 0.29) is 178 Å². The highest BCUT2D eigenvalue weighted by Crippen LogP contribution is 2.56. The summed E-state index contributed by atoms with van der Waals surface area (Å²) < 4.78 is 4.03. The van der Waals surface area contributed by atoms with Gasteiger partial charge < -0.3 is 44.7 Å². The third kappa shape index (κ3) is 18.5. The van der Waals surface area contributed by atoms with Crippen LogP contribution >= 0.6 is 174 Å². The Balaban J connectivity index is 0.000000171. The van der Waals surface area contributed by atoms with Crippen molar-refractivity contribution >= 4 is 242 Å². The van der Waals surface area contributed by atoms with Crippen LogP contribution in [0.3, 0.4) is 0 Å². The number of carbonyl (C=O) groups is 3. The van der Waals surface area contributed by atoms with Crippen LogP contribution < -0.4 is 31.4 Å². The summed E-state index contributed by atoms with van der Waals surface area (Å²) in [4.78, 5) is 119. The number of aromatic nitrogens is 9. The minimum atomic E-state index is -0.633. The van der Waals surface area contributed by atoms with Crippen molar-refractivity contribution in [3.8, 4) is 86.3 Å². The van der Waals surface area contributed by atoms with Gasteiger partial charge in [-0.25, -0.2) is 15.0 Å². The molecule has 3 saturated heterocycles. The number of phenols is 3. The van der Waals surface area contributed by atoms with Gasteiger partial charge in [0.25, 0.3) is 16.7 Å². The van der Waals surface area contributed by atoms with Gasteiger partial charge >= 0.3 is 0 Å². The van der Waals surface area contributed by atoms with Crippen LogP contribution in [0, 0.1) is 54.8 Å². The number of hydrogen-bond donors (Lipinski definition) is 3. The predicted molar refractivity (Wildman–Crippen MR) is 539 cm³/mol. The average Bonchev–Trinajstić information content (AvgIpc) is 0.728. The number of phenolic OH excluding ortho intramolecular Hbond substituents is 3. The molecule has 3 aliphatic rings. The minimum Gasteiger partial charge on any atom is -0.506 e. The number of amides is 3. The number of anilines is 3. The molecule has 0 atom stereocenters. The van der Waals surface area contributed by atoms with E-state index >= 15 is 0 Å². The summed E-state index contributed by atoms with van der Waals surface area (Å²) >= 11 is 96.7. The van der Waals surface area contributed by atoms with Crippen molar-refractivity contribution in [3.63, 3.8) is 0 Å². The van der Waals surface area contributed by atoms with E-state index in [1.54, 1.807) is 69.7 Å². The van der Waals surface area contributed by atoms with E-state index in [0.717, 1.165) is 0 Å². The van der Waals surface area contributed by atoms with Gasteiger partial charge in [-0.2, -0.15) is 15.8 Å². The van der Waals surface area contributed by atoms with Crippen molar-refractivity contribution in [1.82, 2.24) is 58.3 Å². The molecule has 3 aliphatic heterocycles. The number of nitriles is 3. The van der Waals surface area contributed by atoms with Crippen molar-refractivity contribution < 1.29 is 29.7 Å². The van der Waals surface area contributed by atoms with E-state index in [0.29, 0.717) is 163 Å². The van der Waals surface area contributed by atoms with E-state index in [1.807, 2.05) is 77.0 Å². The molecular formula is C93H75Cl15N18O9. The molecule has 0 saturated carbocycles. The Morgan fingerprint density at radius 2 is 0.570 bits per heavy atom. The van der Waals surface area contributed by atoms with Crippen LogP contribution in [0.15, 0.2) is 107 Å². The Kier molecular flexibility index (Phi) is 31.2. The number of aryl methyl sites for hydroxylation is 3. The van der Waals surface area contributed by atoms with Gasteiger partial charge in [0.2, 0.25) is 17.7 Å². The third-order valence-corrected chi connectivity index (χ3v) is 29.3. The van der Waals surface area contributed by atoms with Crippen LogP contribution in [0.25, 0.3) is 83.9 Å². The Morgan fingerprint density at radius 1 is 0.356 bits per heavy atom. The van der Waals surface area contributed by atoms with Gasteiger partial charge in [-0.1, -0.05) is 235 Å². The van der Waals surface area contributed by atoms with Gasteiger partial charge in [0.1, 0.15) is 84.2 Å². The second-order valence-electron chi connectivity index (χ2n) is 32.0. The summed E-state index contributed by atoms with van der Waals surface area (Å²) in [5.41, 5.74) is 3.97. The Bertz CT molecular complexity index is 6640. The summed E-state index contributed by atoms with van der Waals surface area (Å²) in [5.74, 6) is -2.48. The largest absolute Gasteiger partial charge is 0.506 e. The molecule has 27 nitrogen and oxygen atoms in total. The van der Waals surface area contributed by atoms with Gasteiger partial charge in [0.05, 0.1) is 145 Å². The van der Waals surface area contributed by atoms with Crippen molar-refractivity contribution in [3.05, 3.63) is 250 Å². The smallest absolute Gasteiger partial charge is 0.276 e. The van der Waals surface area contributed by atoms with Crippen LogP contribution in [0.5, 0.6) is 17.2 Å². The summed E-state index contributed by atoms with van der Waals surface area (Å²) in [6.45, 7) is 31.8. The first-order valence-corrected chi connectivity index (χ1v) is 46.8. The molecule has 0 spiro atoms. The van der Waals surface area contributed by atoms with Gasteiger partial charge in [-0.05, 0) is 110 Å². The molecule has 135 heavy (non-hydrogen) atoms. The maximum atomic E-state index is 14.4. The first-order chi connectivity index (χ1) is 64.0. The predicted octanol–water partition coefficient (Wildman–Crippen LogP) is 22.7. The van der Waals surface area contributed by atoms with E-state index in [9.17, 15) is 59.9 Å². The molecule has 3 amide bonds. The minimum absolute atomic E-state index is 0.0232. The number of aromatic hydroxyl groups is 3. The third-order valence-electron chi connectivity index (χ3n) is 23.0. The van der Waals surface area contributed by atoms with Crippen molar-refractivity contribution in [1.29, 1.82) is 15.8 Å². The highest BCUT2D eigenvalue weighted by Gasteiger charge is 2.38. The fourth-order valence-electron chi connectivity index (χ4n) is 16.4. The quantitative estimate of drug-likeness (QED) is 0.0487. The Morgan fingerprint density at radius 3 is 0.770 bits per heavy atom. The van der Waals surface area contributed by atoms with Crippen LogP contribution in [0.2, 0.25) is 75.3 Å². The van der Waals surface area contributed by atoms with E-state index in [2.05, 4.69) is 52.9 Å². The van der Waals surface area contributed by atoms with Crippen molar-refractivity contribution in [2.75, 3.05) is 93.2 Å². The zero-order chi connectivity index (χ0) is 98.7. The van der Waals surface area contributed by atoms with Gasteiger partial charge in [0, 0.05) is 113 Å². The highest BCUT2D eigenvalue weighted by molar-refractivity contribution is 6.56.